The number of benzene rings is 2. The lowest BCUT2D eigenvalue weighted by molar-refractivity contribution is 0.391. The average molecular weight is 238 g/mol. The number of aromatic nitrogens is 1. The molecule has 1 aromatic heterocycles. The van der Waals surface area contributed by atoms with Crippen molar-refractivity contribution in [2.24, 2.45) is 0 Å². The highest BCUT2D eigenvalue weighted by molar-refractivity contribution is 5.85. The molecule has 2 aromatic carbocycles. The number of anilines is 1. The molecular formula is C15H14N2O. The molecule has 0 fully saturated rings. The van der Waals surface area contributed by atoms with Crippen molar-refractivity contribution in [3.8, 4) is 0 Å². The molecule has 18 heavy (non-hydrogen) atoms. The number of hydrogen-bond donors (Lipinski definition) is 1. The van der Waals surface area contributed by atoms with Crippen molar-refractivity contribution in [1.82, 2.24) is 5.16 Å². The summed E-state index contributed by atoms with van der Waals surface area (Å²) >= 11 is 0. The molecule has 1 heterocycles. The lowest BCUT2D eigenvalue weighted by Crippen LogP contribution is -1.99. The summed E-state index contributed by atoms with van der Waals surface area (Å²) in [5.74, 6) is 0.838. The standard InChI is InChI=1S/C15H14N2O/c1-11-8-15(17-18-11)10-16-14-7-6-12-4-2-3-5-13(12)9-14/h2-9,16H,10H2,1H3. The van der Waals surface area contributed by atoms with Crippen LogP contribution in [0.2, 0.25) is 0 Å². The monoisotopic (exact) mass is 238 g/mol. The van der Waals surface area contributed by atoms with E-state index in [1.807, 2.05) is 25.1 Å². The van der Waals surface area contributed by atoms with Crippen LogP contribution >= 0.6 is 0 Å². The summed E-state index contributed by atoms with van der Waals surface area (Å²) in [6, 6.07) is 16.6. The normalized spacial score (nSPS) is 10.7. The number of aryl methyl sites for hydroxylation is 1. The molecule has 1 N–H and O–H groups in total. The molecule has 3 aromatic rings. The van der Waals surface area contributed by atoms with Crippen LogP contribution in [0, 0.1) is 6.92 Å². The molecule has 0 atom stereocenters. The summed E-state index contributed by atoms with van der Waals surface area (Å²) in [5, 5.41) is 9.78. The van der Waals surface area contributed by atoms with E-state index in [1.165, 1.54) is 10.8 Å². The van der Waals surface area contributed by atoms with Crippen molar-refractivity contribution >= 4 is 16.5 Å². The highest BCUT2D eigenvalue weighted by atomic mass is 16.5. The molecule has 3 nitrogen and oxygen atoms in total. The summed E-state index contributed by atoms with van der Waals surface area (Å²) in [7, 11) is 0. The number of rotatable bonds is 3. The maximum atomic E-state index is 5.03. The summed E-state index contributed by atoms with van der Waals surface area (Å²) in [5.41, 5.74) is 2.01. The van der Waals surface area contributed by atoms with Crippen LogP contribution in [-0.2, 0) is 6.54 Å². The third-order valence-electron chi connectivity index (χ3n) is 2.90. The first kappa shape index (κ1) is 10.8. The zero-order chi connectivity index (χ0) is 12.4. The van der Waals surface area contributed by atoms with E-state index in [0.29, 0.717) is 6.54 Å². The van der Waals surface area contributed by atoms with Crippen LogP contribution in [-0.4, -0.2) is 5.16 Å². The Kier molecular flexibility index (Phi) is 2.73. The molecule has 0 aliphatic rings. The van der Waals surface area contributed by atoms with E-state index in [4.69, 9.17) is 4.52 Å². The third kappa shape index (κ3) is 2.20. The Labute approximate surface area is 105 Å². The second-order valence-corrected chi connectivity index (χ2v) is 4.34. The van der Waals surface area contributed by atoms with Crippen LogP contribution in [0.3, 0.4) is 0 Å². The van der Waals surface area contributed by atoms with Crippen LogP contribution in [0.1, 0.15) is 11.5 Å². The zero-order valence-corrected chi connectivity index (χ0v) is 10.2. The predicted octanol–water partition coefficient (Wildman–Crippen LogP) is 3.75. The van der Waals surface area contributed by atoms with Gasteiger partial charge in [-0.05, 0) is 29.8 Å². The van der Waals surface area contributed by atoms with Gasteiger partial charge in [0, 0.05) is 11.8 Å². The largest absolute Gasteiger partial charge is 0.379 e. The fraction of sp³-hybridized carbons (Fsp3) is 0.133. The zero-order valence-electron chi connectivity index (χ0n) is 10.2. The molecule has 0 saturated carbocycles. The third-order valence-corrected chi connectivity index (χ3v) is 2.90. The van der Waals surface area contributed by atoms with Crippen LogP contribution in [0.4, 0.5) is 5.69 Å². The van der Waals surface area contributed by atoms with Crippen LogP contribution < -0.4 is 5.32 Å². The Morgan fingerprint density at radius 2 is 1.89 bits per heavy atom. The molecule has 0 amide bonds. The summed E-state index contributed by atoms with van der Waals surface area (Å²) in [6.45, 7) is 2.57. The minimum Gasteiger partial charge on any atom is -0.379 e. The highest BCUT2D eigenvalue weighted by Gasteiger charge is 2.00. The first-order valence-electron chi connectivity index (χ1n) is 5.96. The Bertz CT molecular complexity index is 673. The first-order chi connectivity index (χ1) is 8.81. The molecule has 90 valence electrons. The SMILES string of the molecule is Cc1cc(CNc2ccc3ccccc3c2)no1. The highest BCUT2D eigenvalue weighted by Crippen LogP contribution is 2.19. The van der Waals surface area contributed by atoms with E-state index < -0.39 is 0 Å². The first-order valence-corrected chi connectivity index (χ1v) is 5.96. The quantitative estimate of drug-likeness (QED) is 0.755. The van der Waals surface area contributed by atoms with Gasteiger partial charge in [0.05, 0.1) is 6.54 Å². The fourth-order valence-corrected chi connectivity index (χ4v) is 1.99. The van der Waals surface area contributed by atoms with Crippen molar-refractivity contribution in [3.05, 3.63) is 60.0 Å². The second kappa shape index (κ2) is 4.53. The van der Waals surface area contributed by atoms with E-state index in [1.54, 1.807) is 0 Å². The van der Waals surface area contributed by atoms with Crippen molar-refractivity contribution in [3.63, 3.8) is 0 Å². The van der Waals surface area contributed by atoms with E-state index in [-0.39, 0.29) is 0 Å². The number of hydrogen-bond acceptors (Lipinski definition) is 3. The molecule has 0 radical (unpaired) electrons. The van der Waals surface area contributed by atoms with Gasteiger partial charge in [0.1, 0.15) is 11.5 Å². The van der Waals surface area contributed by atoms with Crippen molar-refractivity contribution < 1.29 is 4.52 Å². The Hall–Kier alpha value is -2.29. The summed E-state index contributed by atoms with van der Waals surface area (Å²) in [4.78, 5) is 0. The lowest BCUT2D eigenvalue weighted by atomic mass is 10.1. The van der Waals surface area contributed by atoms with E-state index in [0.717, 1.165) is 17.1 Å². The van der Waals surface area contributed by atoms with Gasteiger partial charge in [-0.25, -0.2) is 0 Å². The topological polar surface area (TPSA) is 38.1 Å². The van der Waals surface area contributed by atoms with Gasteiger partial charge in [0.2, 0.25) is 0 Å². The van der Waals surface area contributed by atoms with Gasteiger partial charge in [-0.3, -0.25) is 0 Å². The molecule has 3 heteroatoms. The summed E-state index contributed by atoms with van der Waals surface area (Å²) < 4.78 is 5.03. The molecule has 0 spiro atoms. The molecule has 0 unspecified atom stereocenters. The molecule has 0 aliphatic heterocycles. The lowest BCUT2D eigenvalue weighted by Gasteiger charge is -2.05. The van der Waals surface area contributed by atoms with Gasteiger partial charge in [-0.15, -0.1) is 0 Å². The maximum absolute atomic E-state index is 5.03. The van der Waals surface area contributed by atoms with Gasteiger partial charge in [-0.2, -0.15) is 0 Å². The van der Waals surface area contributed by atoms with E-state index in [2.05, 4.69) is 40.8 Å². The van der Waals surface area contributed by atoms with E-state index in [9.17, 15) is 0 Å². The van der Waals surface area contributed by atoms with Gasteiger partial charge in [0.25, 0.3) is 0 Å². The molecular weight excluding hydrogens is 224 g/mol. The van der Waals surface area contributed by atoms with Crippen LogP contribution in [0.25, 0.3) is 10.8 Å². The van der Waals surface area contributed by atoms with Crippen molar-refractivity contribution in [2.75, 3.05) is 5.32 Å². The smallest absolute Gasteiger partial charge is 0.133 e. The van der Waals surface area contributed by atoms with Gasteiger partial charge in [0.15, 0.2) is 0 Å². The van der Waals surface area contributed by atoms with Gasteiger partial charge < -0.3 is 9.84 Å². The minimum atomic E-state index is 0.676. The molecule has 0 aliphatic carbocycles. The molecule has 0 saturated heterocycles. The van der Waals surface area contributed by atoms with Gasteiger partial charge in [-0.1, -0.05) is 35.5 Å². The average Bonchev–Trinajstić information content (AvgIpc) is 2.82. The predicted molar refractivity (Wildman–Crippen MR) is 72.5 cm³/mol. The number of nitrogens with one attached hydrogen (secondary N) is 1. The van der Waals surface area contributed by atoms with Crippen LogP contribution in [0.15, 0.2) is 53.1 Å². The number of fused-ring (bicyclic) bond motifs is 1. The second-order valence-electron chi connectivity index (χ2n) is 4.34. The summed E-state index contributed by atoms with van der Waals surface area (Å²) in [6.07, 6.45) is 0. The maximum Gasteiger partial charge on any atom is 0.133 e. The minimum absolute atomic E-state index is 0.676. The Balaban J connectivity index is 1.78. The van der Waals surface area contributed by atoms with Crippen molar-refractivity contribution in [2.45, 2.75) is 13.5 Å². The molecule has 0 bridgehead atoms. The Morgan fingerprint density at radius 1 is 1.06 bits per heavy atom. The van der Waals surface area contributed by atoms with E-state index >= 15 is 0 Å². The fourth-order valence-electron chi connectivity index (χ4n) is 1.99. The Morgan fingerprint density at radius 3 is 2.67 bits per heavy atom. The molecule has 3 rings (SSSR count). The van der Waals surface area contributed by atoms with Crippen LogP contribution in [0.5, 0.6) is 0 Å². The van der Waals surface area contributed by atoms with Gasteiger partial charge >= 0.3 is 0 Å². The van der Waals surface area contributed by atoms with Crippen molar-refractivity contribution in [1.29, 1.82) is 0 Å². The number of nitrogens with zero attached hydrogens (tertiary/aromatic N) is 1.